The van der Waals surface area contributed by atoms with Crippen molar-refractivity contribution >= 4 is 23.4 Å². The number of hydrogen-bond acceptors (Lipinski definition) is 5. The minimum absolute atomic E-state index is 0.0547. The zero-order valence-electron chi connectivity index (χ0n) is 18.8. The lowest BCUT2D eigenvalue weighted by atomic mass is 10.1. The normalized spacial score (nSPS) is 12.3. The summed E-state index contributed by atoms with van der Waals surface area (Å²) in [5.74, 6) is 0.693. The molecular weight excluding hydrogens is 477 g/mol. The van der Waals surface area contributed by atoms with E-state index in [1.807, 2.05) is 30.3 Å². The number of hydrogen-bond donors (Lipinski definition) is 1. The second-order valence-electron chi connectivity index (χ2n) is 7.54. The fourth-order valence-electron chi connectivity index (χ4n) is 3.47. The Balaban J connectivity index is 1.64. The summed E-state index contributed by atoms with van der Waals surface area (Å²) in [4.78, 5) is 13.3. The van der Waals surface area contributed by atoms with E-state index < -0.39 is 22.9 Å². The number of aromatic nitrogens is 3. The van der Waals surface area contributed by atoms with Gasteiger partial charge in [-0.3, -0.25) is 4.79 Å². The minimum Gasteiger partial charge on any atom is -0.496 e. The van der Waals surface area contributed by atoms with Crippen LogP contribution in [0.25, 0.3) is 11.4 Å². The van der Waals surface area contributed by atoms with Gasteiger partial charge in [0.15, 0.2) is 11.0 Å². The topological polar surface area (TPSA) is 69.0 Å². The van der Waals surface area contributed by atoms with Crippen LogP contribution in [-0.4, -0.2) is 27.8 Å². The predicted molar refractivity (Wildman–Crippen MR) is 128 cm³/mol. The first kappa shape index (κ1) is 24.3. The van der Waals surface area contributed by atoms with E-state index >= 15 is 0 Å². The number of benzene rings is 3. The number of thioether (sulfide) groups is 1. The Hall–Kier alpha value is -3.79. The van der Waals surface area contributed by atoms with E-state index in [9.17, 15) is 18.0 Å². The third kappa shape index (κ3) is 5.48. The summed E-state index contributed by atoms with van der Waals surface area (Å²) >= 11 is 1.15. The van der Waals surface area contributed by atoms with Crippen molar-refractivity contribution in [3.63, 3.8) is 0 Å². The summed E-state index contributed by atoms with van der Waals surface area (Å²) in [6.07, 6.45) is -4.51. The van der Waals surface area contributed by atoms with Gasteiger partial charge in [-0.05, 0) is 35.9 Å². The van der Waals surface area contributed by atoms with Crippen LogP contribution in [0.4, 0.5) is 18.9 Å². The molecule has 0 fully saturated rings. The van der Waals surface area contributed by atoms with Gasteiger partial charge >= 0.3 is 6.18 Å². The Morgan fingerprint density at radius 3 is 2.43 bits per heavy atom. The molecule has 1 atom stereocenters. The molecule has 1 N–H and O–H groups in total. The number of anilines is 1. The number of carbonyl (C=O) groups is 1. The lowest BCUT2D eigenvalue weighted by Crippen LogP contribution is -2.20. The molecule has 0 aliphatic carbocycles. The molecule has 0 spiro atoms. The number of para-hydroxylation sites is 1. The van der Waals surface area contributed by atoms with Crippen LogP contribution in [0, 0.1) is 0 Å². The van der Waals surface area contributed by atoms with E-state index in [1.54, 1.807) is 43.0 Å². The van der Waals surface area contributed by atoms with E-state index in [4.69, 9.17) is 4.74 Å². The van der Waals surface area contributed by atoms with Gasteiger partial charge in [-0.15, -0.1) is 10.2 Å². The van der Waals surface area contributed by atoms with Crippen LogP contribution in [-0.2, 0) is 18.0 Å². The van der Waals surface area contributed by atoms with E-state index in [-0.39, 0.29) is 5.69 Å². The first-order chi connectivity index (χ1) is 16.8. The number of nitrogens with zero attached hydrogens (tertiary/aromatic N) is 3. The summed E-state index contributed by atoms with van der Waals surface area (Å²) in [5.41, 5.74) is 0.623. The molecule has 4 aromatic rings. The Labute approximate surface area is 204 Å². The van der Waals surface area contributed by atoms with Crippen LogP contribution in [0.3, 0.4) is 0 Å². The Bertz CT molecular complexity index is 1330. The summed E-state index contributed by atoms with van der Waals surface area (Å²) in [7, 11) is 3.34. The van der Waals surface area contributed by atoms with Gasteiger partial charge in [-0.2, -0.15) is 13.2 Å². The number of nitrogens with one attached hydrogen (secondary N) is 1. The summed E-state index contributed by atoms with van der Waals surface area (Å²) in [6.45, 7) is 0. The molecule has 0 aliphatic heterocycles. The quantitative estimate of drug-likeness (QED) is 0.318. The lowest BCUT2D eigenvalue weighted by Gasteiger charge is -2.17. The molecular formula is C25H21F3N4O2S. The zero-order valence-corrected chi connectivity index (χ0v) is 19.6. The molecule has 0 bridgehead atoms. The van der Waals surface area contributed by atoms with E-state index in [0.29, 0.717) is 22.3 Å². The van der Waals surface area contributed by atoms with Gasteiger partial charge in [0.25, 0.3) is 0 Å². The van der Waals surface area contributed by atoms with Gasteiger partial charge in [-0.25, -0.2) is 0 Å². The molecule has 0 saturated carbocycles. The molecule has 6 nitrogen and oxygen atoms in total. The molecule has 10 heteroatoms. The fourth-order valence-corrected chi connectivity index (χ4v) is 4.47. The van der Waals surface area contributed by atoms with Gasteiger partial charge in [0.05, 0.1) is 18.2 Å². The van der Waals surface area contributed by atoms with E-state index in [0.717, 1.165) is 29.5 Å². The summed E-state index contributed by atoms with van der Waals surface area (Å²) in [6, 6.07) is 20.9. The van der Waals surface area contributed by atoms with E-state index in [2.05, 4.69) is 15.5 Å². The molecule has 1 amide bonds. The van der Waals surface area contributed by atoms with Gasteiger partial charge in [-0.1, -0.05) is 60.3 Å². The van der Waals surface area contributed by atoms with Crippen molar-refractivity contribution in [3.05, 3.63) is 90.0 Å². The van der Waals surface area contributed by atoms with Gasteiger partial charge < -0.3 is 14.6 Å². The second-order valence-corrected chi connectivity index (χ2v) is 8.61. The average Bonchev–Trinajstić information content (AvgIpc) is 3.22. The highest BCUT2D eigenvalue weighted by Crippen LogP contribution is 2.38. The van der Waals surface area contributed by atoms with E-state index in [1.165, 1.54) is 12.1 Å². The maximum Gasteiger partial charge on any atom is 0.416 e. The Morgan fingerprint density at radius 1 is 1.00 bits per heavy atom. The highest BCUT2D eigenvalue weighted by molar-refractivity contribution is 8.00. The standard InChI is InChI=1S/C25H21F3N4O2S/c1-32-22(19-13-6-7-14-20(19)34-2)30-31-24(32)35-21(16-9-4-3-5-10-16)23(33)29-18-12-8-11-17(15-18)25(26,27)28/h3-15,21H,1-2H3,(H,29,33). The smallest absolute Gasteiger partial charge is 0.416 e. The highest BCUT2D eigenvalue weighted by Gasteiger charge is 2.31. The monoisotopic (exact) mass is 498 g/mol. The average molecular weight is 499 g/mol. The maximum atomic E-state index is 13.3. The van der Waals surface area contributed by atoms with Gasteiger partial charge in [0.2, 0.25) is 5.91 Å². The number of rotatable bonds is 7. The van der Waals surface area contributed by atoms with Crippen molar-refractivity contribution in [2.24, 2.45) is 7.05 Å². The number of halogens is 3. The lowest BCUT2D eigenvalue weighted by molar-refractivity contribution is -0.137. The summed E-state index contributed by atoms with van der Waals surface area (Å²) < 4.78 is 46.5. The fraction of sp³-hybridized carbons (Fsp3) is 0.160. The molecule has 1 unspecified atom stereocenters. The Kier molecular flexibility index (Phi) is 7.11. The number of methoxy groups -OCH3 is 1. The van der Waals surface area contributed by atoms with Crippen LogP contribution >= 0.6 is 11.8 Å². The van der Waals surface area contributed by atoms with Crippen molar-refractivity contribution < 1.29 is 22.7 Å². The number of ether oxygens (including phenoxy) is 1. The predicted octanol–water partition coefficient (Wildman–Crippen LogP) is 5.98. The van der Waals surface area contributed by atoms with Gasteiger partial charge in [0, 0.05) is 12.7 Å². The largest absolute Gasteiger partial charge is 0.496 e. The molecule has 3 aromatic carbocycles. The molecule has 180 valence electrons. The van der Waals surface area contributed by atoms with Crippen LogP contribution in [0.15, 0.2) is 84.0 Å². The number of alkyl halides is 3. The molecule has 35 heavy (non-hydrogen) atoms. The van der Waals surface area contributed by atoms with Crippen molar-refractivity contribution in [1.29, 1.82) is 0 Å². The minimum atomic E-state index is -4.51. The van der Waals surface area contributed by atoms with Crippen molar-refractivity contribution in [2.45, 2.75) is 16.6 Å². The molecule has 1 aromatic heterocycles. The van der Waals surface area contributed by atoms with Crippen LogP contribution in [0.1, 0.15) is 16.4 Å². The van der Waals surface area contributed by atoms with Crippen LogP contribution < -0.4 is 10.1 Å². The third-order valence-corrected chi connectivity index (χ3v) is 6.49. The highest BCUT2D eigenvalue weighted by atomic mass is 32.2. The molecule has 4 rings (SSSR count). The van der Waals surface area contributed by atoms with Crippen molar-refractivity contribution in [3.8, 4) is 17.1 Å². The molecule has 0 aliphatic rings. The summed E-state index contributed by atoms with van der Waals surface area (Å²) in [5, 5.41) is 10.8. The number of carbonyl (C=O) groups excluding carboxylic acids is 1. The van der Waals surface area contributed by atoms with Crippen molar-refractivity contribution in [1.82, 2.24) is 14.8 Å². The molecule has 0 saturated heterocycles. The third-order valence-electron chi connectivity index (χ3n) is 5.20. The van der Waals surface area contributed by atoms with Crippen molar-refractivity contribution in [2.75, 3.05) is 12.4 Å². The zero-order chi connectivity index (χ0) is 25.0. The first-order valence-electron chi connectivity index (χ1n) is 10.5. The SMILES string of the molecule is COc1ccccc1-c1nnc(SC(C(=O)Nc2cccc(C(F)(F)F)c2)c2ccccc2)n1C. The van der Waals surface area contributed by atoms with Gasteiger partial charge in [0.1, 0.15) is 11.0 Å². The maximum absolute atomic E-state index is 13.3. The molecule has 0 radical (unpaired) electrons. The Morgan fingerprint density at radius 2 is 1.71 bits per heavy atom. The number of amides is 1. The second kappa shape index (κ2) is 10.2. The van der Waals surface area contributed by atoms with Crippen LogP contribution in [0.5, 0.6) is 5.75 Å². The molecule has 1 heterocycles. The first-order valence-corrected chi connectivity index (χ1v) is 11.4. The van der Waals surface area contributed by atoms with Crippen LogP contribution in [0.2, 0.25) is 0 Å².